The molecule has 1 atom stereocenters. The number of aromatic nitrogens is 2. The lowest BCUT2D eigenvalue weighted by atomic mass is 10.2. The van der Waals surface area contributed by atoms with Crippen LogP contribution in [0.3, 0.4) is 0 Å². The Hall–Kier alpha value is -0.590. The van der Waals surface area contributed by atoms with E-state index in [1.165, 1.54) is 0 Å². The van der Waals surface area contributed by atoms with Gasteiger partial charge in [0.05, 0.1) is 11.8 Å². The first-order chi connectivity index (χ1) is 7.27. The molecule has 1 unspecified atom stereocenters. The minimum Gasteiger partial charge on any atom is -0.385 e. The van der Waals surface area contributed by atoms with Crippen LogP contribution in [0.15, 0.2) is 4.52 Å². The molecular weight excluding hydrogens is 214 g/mol. The fraction of sp³-hybridized carbons (Fsp3) is 0.778. The van der Waals surface area contributed by atoms with E-state index in [9.17, 15) is 0 Å². The summed E-state index contributed by atoms with van der Waals surface area (Å²) >= 11 is 1.66. The van der Waals surface area contributed by atoms with Gasteiger partial charge in [0.25, 0.3) is 0 Å². The highest BCUT2D eigenvalue weighted by atomic mass is 32.2. The van der Waals surface area contributed by atoms with Gasteiger partial charge in [-0.1, -0.05) is 5.16 Å². The van der Waals surface area contributed by atoms with Crippen molar-refractivity contribution in [1.29, 1.82) is 0 Å². The third kappa shape index (κ3) is 4.19. The summed E-state index contributed by atoms with van der Waals surface area (Å²) in [4.78, 5) is 4.21. The van der Waals surface area contributed by atoms with E-state index >= 15 is 0 Å². The molecule has 2 N–H and O–H groups in total. The van der Waals surface area contributed by atoms with Gasteiger partial charge in [-0.05, 0) is 19.1 Å². The van der Waals surface area contributed by atoms with E-state index in [2.05, 4.69) is 10.1 Å². The molecule has 0 amide bonds. The monoisotopic (exact) mass is 231 g/mol. The summed E-state index contributed by atoms with van der Waals surface area (Å²) < 4.78 is 10.0. The van der Waals surface area contributed by atoms with Crippen molar-refractivity contribution < 1.29 is 9.26 Å². The highest BCUT2D eigenvalue weighted by Gasteiger charge is 2.13. The van der Waals surface area contributed by atoms with Crippen molar-refractivity contribution in [3.63, 3.8) is 0 Å². The molecule has 0 bridgehead atoms. The van der Waals surface area contributed by atoms with Crippen LogP contribution in [-0.2, 0) is 10.5 Å². The summed E-state index contributed by atoms with van der Waals surface area (Å²) in [6, 6.07) is -0.178. The Kier molecular flexibility index (Phi) is 5.67. The minimum atomic E-state index is -0.178. The van der Waals surface area contributed by atoms with E-state index in [0.717, 1.165) is 18.6 Å². The summed E-state index contributed by atoms with van der Waals surface area (Å²) in [6.07, 6.45) is 3.70. The Morgan fingerprint density at radius 2 is 2.40 bits per heavy atom. The molecule has 0 spiro atoms. The molecule has 1 rings (SSSR count). The number of nitrogens with zero attached hydrogens (tertiary/aromatic N) is 2. The number of thioether (sulfide) groups is 1. The fourth-order valence-corrected chi connectivity index (χ4v) is 1.55. The minimum absolute atomic E-state index is 0.178. The molecule has 0 aromatic carbocycles. The Bertz CT molecular complexity index is 280. The predicted octanol–water partition coefficient (Wildman–Crippen LogP) is 1.36. The van der Waals surface area contributed by atoms with Crippen LogP contribution < -0.4 is 5.73 Å². The molecule has 6 heteroatoms. The molecule has 15 heavy (non-hydrogen) atoms. The average Bonchev–Trinajstić information content (AvgIpc) is 2.67. The first-order valence-corrected chi connectivity index (χ1v) is 6.23. The van der Waals surface area contributed by atoms with Gasteiger partial charge in [-0.3, -0.25) is 0 Å². The van der Waals surface area contributed by atoms with Crippen LogP contribution in [0.1, 0.15) is 30.6 Å². The van der Waals surface area contributed by atoms with Crippen molar-refractivity contribution in [2.45, 2.75) is 24.6 Å². The standard InChI is InChI=1S/C9H17N3O2S/c1-13-5-3-4-7(10)9-11-8(6-15-2)12-14-9/h7H,3-6,10H2,1-2H3. The summed E-state index contributed by atoms with van der Waals surface area (Å²) in [5.41, 5.74) is 5.89. The van der Waals surface area contributed by atoms with Gasteiger partial charge >= 0.3 is 0 Å². The molecule has 0 saturated carbocycles. The van der Waals surface area contributed by atoms with Gasteiger partial charge < -0.3 is 15.0 Å². The number of hydrogen-bond donors (Lipinski definition) is 1. The van der Waals surface area contributed by atoms with Gasteiger partial charge in [0.2, 0.25) is 5.89 Å². The van der Waals surface area contributed by atoms with Gasteiger partial charge in [0.1, 0.15) is 0 Å². The lowest BCUT2D eigenvalue weighted by molar-refractivity contribution is 0.188. The van der Waals surface area contributed by atoms with Gasteiger partial charge in [-0.25, -0.2) is 0 Å². The van der Waals surface area contributed by atoms with Gasteiger partial charge in [-0.2, -0.15) is 16.7 Å². The maximum Gasteiger partial charge on any atom is 0.243 e. The summed E-state index contributed by atoms with van der Waals surface area (Å²) in [7, 11) is 1.68. The third-order valence-corrected chi connectivity index (χ3v) is 2.48. The maximum absolute atomic E-state index is 5.89. The number of methoxy groups -OCH3 is 1. The van der Waals surface area contributed by atoms with Crippen LogP contribution in [0.2, 0.25) is 0 Å². The molecule has 0 aliphatic carbocycles. The number of hydrogen-bond acceptors (Lipinski definition) is 6. The average molecular weight is 231 g/mol. The van der Waals surface area contributed by atoms with Gasteiger partial charge in [0, 0.05) is 13.7 Å². The lowest BCUT2D eigenvalue weighted by Gasteiger charge is -2.04. The fourth-order valence-electron chi connectivity index (χ4n) is 1.18. The second kappa shape index (κ2) is 6.81. The number of ether oxygens (including phenoxy) is 1. The van der Waals surface area contributed by atoms with Gasteiger partial charge in [-0.15, -0.1) is 0 Å². The van der Waals surface area contributed by atoms with E-state index in [1.54, 1.807) is 18.9 Å². The molecular formula is C9H17N3O2S. The Morgan fingerprint density at radius 3 is 3.07 bits per heavy atom. The lowest BCUT2D eigenvalue weighted by Crippen LogP contribution is -2.11. The molecule has 1 aromatic heterocycles. The Balaban J connectivity index is 2.39. The molecule has 1 aromatic rings. The molecule has 0 radical (unpaired) electrons. The number of rotatable bonds is 7. The van der Waals surface area contributed by atoms with E-state index in [-0.39, 0.29) is 6.04 Å². The van der Waals surface area contributed by atoms with Crippen LogP contribution in [0.25, 0.3) is 0 Å². The number of nitrogens with two attached hydrogens (primary N) is 1. The topological polar surface area (TPSA) is 74.2 Å². The summed E-state index contributed by atoms with van der Waals surface area (Å²) in [5.74, 6) is 1.99. The van der Waals surface area contributed by atoms with Crippen molar-refractivity contribution in [3.8, 4) is 0 Å². The summed E-state index contributed by atoms with van der Waals surface area (Å²) in [6.45, 7) is 0.708. The summed E-state index contributed by atoms with van der Waals surface area (Å²) in [5, 5.41) is 3.84. The largest absolute Gasteiger partial charge is 0.385 e. The first-order valence-electron chi connectivity index (χ1n) is 4.84. The van der Waals surface area contributed by atoms with E-state index in [1.807, 2.05) is 6.26 Å². The zero-order valence-electron chi connectivity index (χ0n) is 9.10. The van der Waals surface area contributed by atoms with Crippen molar-refractivity contribution in [3.05, 3.63) is 11.7 Å². The first kappa shape index (κ1) is 12.5. The van der Waals surface area contributed by atoms with Crippen molar-refractivity contribution in [2.24, 2.45) is 5.73 Å². The third-order valence-electron chi connectivity index (χ3n) is 1.94. The Labute approximate surface area is 93.7 Å². The maximum atomic E-state index is 5.89. The van der Waals surface area contributed by atoms with Crippen molar-refractivity contribution in [1.82, 2.24) is 10.1 Å². The highest BCUT2D eigenvalue weighted by Crippen LogP contribution is 2.15. The van der Waals surface area contributed by atoms with Crippen LogP contribution in [0, 0.1) is 0 Å². The van der Waals surface area contributed by atoms with Crippen LogP contribution >= 0.6 is 11.8 Å². The van der Waals surface area contributed by atoms with Crippen LogP contribution in [0.4, 0.5) is 0 Å². The predicted molar refractivity (Wildman–Crippen MR) is 59.6 cm³/mol. The zero-order chi connectivity index (χ0) is 11.1. The molecule has 5 nitrogen and oxygen atoms in total. The van der Waals surface area contributed by atoms with E-state index in [4.69, 9.17) is 15.0 Å². The van der Waals surface area contributed by atoms with Gasteiger partial charge in [0.15, 0.2) is 5.82 Å². The normalized spacial score (nSPS) is 13.0. The molecule has 0 aliphatic rings. The molecule has 0 aliphatic heterocycles. The van der Waals surface area contributed by atoms with Crippen LogP contribution in [-0.4, -0.2) is 30.1 Å². The molecule has 0 saturated heterocycles. The van der Waals surface area contributed by atoms with Crippen molar-refractivity contribution in [2.75, 3.05) is 20.0 Å². The zero-order valence-corrected chi connectivity index (χ0v) is 9.92. The molecule has 86 valence electrons. The van der Waals surface area contributed by atoms with E-state index in [0.29, 0.717) is 18.3 Å². The quantitative estimate of drug-likeness (QED) is 0.714. The molecule has 1 heterocycles. The second-order valence-electron chi connectivity index (χ2n) is 3.22. The molecule has 0 fully saturated rings. The van der Waals surface area contributed by atoms with E-state index < -0.39 is 0 Å². The SMILES string of the molecule is COCCCC(N)c1nc(CSC)no1. The van der Waals surface area contributed by atoms with Crippen LogP contribution in [0.5, 0.6) is 0 Å². The van der Waals surface area contributed by atoms with Crippen molar-refractivity contribution >= 4 is 11.8 Å². The Morgan fingerprint density at radius 1 is 1.60 bits per heavy atom. The smallest absolute Gasteiger partial charge is 0.243 e. The second-order valence-corrected chi connectivity index (χ2v) is 4.09. The highest BCUT2D eigenvalue weighted by molar-refractivity contribution is 7.97.